The Morgan fingerprint density at radius 3 is 2.07 bits per heavy atom. The van der Waals surface area contributed by atoms with Crippen LogP contribution >= 0.6 is 0 Å². The Kier molecular flexibility index (Phi) is 6.74. The zero-order chi connectivity index (χ0) is 11.0. The van der Waals surface area contributed by atoms with Gasteiger partial charge in [-0.2, -0.15) is 0 Å². The molecule has 1 radical (unpaired) electrons. The molecule has 81 valence electrons. The van der Waals surface area contributed by atoms with E-state index in [0.29, 0.717) is 12.5 Å². The molecule has 0 aromatic rings. The number of hydrogen-bond donors (Lipinski definition) is 0. The van der Waals surface area contributed by atoms with Crippen LogP contribution in [0.5, 0.6) is 0 Å². The van der Waals surface area contributed by atoms with Crippen molar-refractivity contribution in [1.82, 2.24) is 0 Å². The predicted molar refractivity (Wildman–Crippen MR) is 48.1 cm³/mol. The molecule has 0 aromatic heterocycles. The highest BCUT2D eigenvalue weighted by atomic mass is 16.6. The third-order valence-corrected chi connectivity index (χ3v) is 1.41. The summed E-state index contributed by atoms with van der Waals surface area (Å²) in [7, 11) is 1.48. The van der Waals surface area contributed by atoms with Crippen molar-refractivity contribution in [3.8, 4) is 0 Å². The van der Waals surface area contributed by atoms with E-state index in [1.807, 2.05) is 0 Å². The van der Waals surface area contributed by atoms with Gasteiger partial charge >= 0.3 is 11.9 Å². The van der Waals surface area contributed by atoms with E-state index in [9.17, 15) is 9.59 Å². The summed E-state index contributed by atoms with van der Waals surface area (Å²) in [5, 5.41) is 0. The first-order chi connectivity index (χ1) is 6.56. The summed E-state index contributed by atoms with van der Waals surface area (Å²) in [5.74, 6) is -0.708. The van der Waals surface area contributed by atoms with E-state index in [-0.39, 0.29) is 25.2 Å². The Balaban J connectivity index is 3.57. The van der Waals surface area contributed by atoms with Crippen LogP contribution in [0.2, 0.25) is 0 Å². The highest BCUT2D eigenvalue weighted by Gasteiger charge is 2.11. The quantitative estimate of drug-likeness (QED) is 0.594. The van der Waals surface area contributed by atoms with Gasteiger partial charge in [-0.1, -0.05) is 0 Å². The number of esters is 2. The van der Waals surface area contributed by atoms with Gasteiger partial charge in [0.05, 0.1) is 6.61 Å². The molecule has 0 fully saturated rings. The molecule has 0 spiro atoms. The van der Waals surface area contributed by atoms with Crippen molar-refractivity contribution in [3.05, 3.63) is 6.10 Å². The van der Waals surface area contributed by atoms with E-state index in [2.05, 4.69) is 0 Å². The van der Waals surface area contributed by atoms with Crippen LogP contribution in [0.15, 0.2) is 0 Å². The standard InChI is InChI=1S/C9H15O5/c1-7(10)13-5-4-9(12-3)6-14-8(2)11/h4-6H2,1-3H3. The zero-order valence-electron chi connectivity index (χ0n) is 8.66. The number of hydrogen-bond acceptors (Lipinski definition) is 5. The number of ether oxygens (including phenoxy) is 3. The first-order valence-corrected chi connectivity index (χ1v) is 4.21. The van der Waals surface area contributed by atoms with Crippen LogP contribution in [0.3, 0.4) is 0 Å². The van der Waals surface area contributed by atoms with Gasteiger partial charge in [-0.25, -0.2) is 0 Å². The predicted octanol–water partition coefficient (Wildman–Crippen LogP) is 0.681. The van der Waals surface area contributed by atoms with Crippen LogP contribution in [-0.4, -0.2) is 32.3 Å². The molecule has 0 bridgehead atoms. The highest BCUT2D eigenvalue weighted by Crippen LogP contribution is 2.07. The molecule has 0 atom stereocenters. The molecule has 0 aliphatic carbocycles. The van der Waals surface area contributed by atoms with E-state index in [4.69, 9.17) is 14.2 Å². The smallest absolute Gasteiger partial charge is 0.302 e. The molecule has 0 rings (SSSR count). The van der Waals surface area contributed by atoms with Gasteiger partial charge in [0.15, 0.2) is 0 Å². The van der Waals surface area contributed by atoms with Gasteiger partial charge in [-0.05, 0) is 0 Å². The first-order valence-electron chi connectivity index (χ1n) is 4.21. The first kappa shape index (κ1) is 12.9. The maximum Gasteiger partial charge on any atom is 0.302 e. The Labute approximate surface area is 83.3 Å². The molecular weight excluding hydrogens is 188 g/mol. The third-order valence-electron chi connectivity index (χ3n) is 1.41. The number of carbonyl (C=O) groups is 2. The molecule has 0 N–H and O–H groups in total. The Morgan fingerprint density at radius 2 is 1.64 bits per heavy atom. The van der Waals surface area contributed by atoms with Crippen LogP contribution in [0.25, 0.3) is 0 Å². The van der Waals surface area contributed by atoms with E-state index in [0.717, 1.165) is 0 Å². The van der Waals surface area contributed by atoms with Crippen LogP contribution in [0.4, 0.5) is 0 Å². The second-order valence-corrected chi connectivity index (χ2v) is 2.61. The number of rotatable bonds is 6. The molecule has 0 saturated carbocycles. The van der Waals surface area contributed by atoms with Crippen molar-refractivity contribution in [2.24, 2.45) is 0 Å². The summed E-state index contributed by atoms with van der Waals surface area (Å²) in [6.45, 7) is 2.99. The Hall–Kier alpha value is -1.10. The van der Waals surface area contributed by atoms with Gasteiger partial charge in [0.2, 0.25) is 0 Å². The lowest BCUT2D eigenvalue weighted by atomic mass is 10.3. The van der Waals surface area contributed by atoms with E-state index in [1.54, 1.807) is 0 Å². The van der Waals surface area contributed by atoms with Crippen molar-refractivity contribution in [1.29, 1.82) is 0 Å². The third kappa shape index (κ3) is 7.54. The van der Waals surface area contributed by atoms with Crippen molar-refractivity contribution >= 4 is 11.9 Å². The molecule has 5 nitrogen and oxygen atoms in total. The van der Waals surface area contributed by atoms with Crippen molar-refractivity contribution in [3.63, 3.8) is 0 Å². The van der Waals surface area contributed by atoms with E-state index in [1.165, 1.54) is 21.0 Å². The van der Waals surface area contributed by atoms with Crippen molar-refractivity contribution in [2.45, 2.75) is 20.3 Å². The summed E-state index contributed by atoms with van der Waals surface area (Å²) >= 11 is 0. The van der Waals surface area contributed by atoms with E-state index < -0.39 is 0 Å². The van der Waals surface area contributed by atoms with Gasteiger partial charge in [0.25, 0.3) is 0 Å². The molecule has 0 aromatic carbocycles. The normalized spacial score (nSPS) is 10.0. The van der Waals surface area contributed by atoms with Crippen LogP contribution in [0, 0.1) is 6.10 Å². The second-order valence-electron chi connectivity index (χ2n) is 2.61. The van der Waals surface area contributed by atoms with Gasteiger partial charge in [-0.3, -0.25) is 9.59 Å². The topological polar surface area (TPSA) is 61.8 Å². The minimum Gasteiger partial charge on any atom is -0.466 e. The van der Waals surface area contributed by atoms with Crippen LogP contribution < -0.4 is 0 Å². The monoisotopic (exact) mass is 203 g/mol. The molecular formula is C9H15O5. The maximum atomic E-state index is 10.5. The summed E-state index contributed by atoms with van der Waals surface area (Å²) < 4.78 is 14.3. The molecule has 0 aliphatic rings. The van der Waals surface area contributed by atoms with Gasteiger partial charge in [0, 0.05) is 27.4 Å². The fourth-order valence-electron chi connectivity index (χ4n) is 0.724. The Bertz CT molecular complexity index is 190. The van der Waals surface area contributed by atoms with Crippen molar-refractivity contribution < 1.29 is 23.8 Å². The fourth-order valence-corrected chi connectivity index (χ4v) is 0.724. The molecule has 0 saturated heterocycles. The van der Waals surface area contributed by atoms with E-state index >= 15 is 0 Å². The number of carbonyl (C=O) groups excluding carboxylic acids is 2. The lowest BCUT2D eigenvalue weighted by molar-refractivity contribution is -0.144. The second kappa shape index (κ2) is 7.32. The average molecular weight is 203 g/mol. The zero-order valence-corrected chi connectivity index (χ0v) is 8.66. The molecule has 0 aliphatic heterocycles. The SMILES string of the molecule is CO[C](CCOC(C)=O)COC(C)=O. The minimum absolute atomic E-state index is 0.104. The van der Waals surface area contributed by atoms with Crippen LogP contribution in [0.1, 0.15) is 20.3 Å². The lowest BCUT2D eigenvalue weighted by Crippen LogP contribution is -2.15. The summed E-state index contributed by atoms with van der Waals surface area (Å²) in [4.78, 5) is 20.9. The molecule has 0 heterocycles. The molecule has 0 unspecified atom stereocenters. The summed E-state index contributed by atoms with van der Waals surface area (Å²) in [5.41, 5.74) is 0. The summed E-state index contributed by atoms with van der Waals surface area (Å²) in [6.07, 6.45) is 1.00. The van der Waals surface area contributed by atoms with Crippen molar-refractivity contribution in [2.75, 3.05) is 20.3 Å². The van der Waals surface area contributed by atoms with Gasteiger partial charge in [0.1, 0.15) is 12.7 Å². The fraction of sp³-hybridized carbons (Fsp3) is 0.667. The molecule has 0 amide bonds. The van der Waals surface area contributed by atoms with Crippen LogP contribution in [-0.2, 0) is 23.8 Å². The van der Waals surface area contributed by atoms with Gasteiger partial charge < -0.3 is 14.2 Å². The highest BCUT2D eigenvalue weighted by molar-refractivity contribution is 5.66. The van der Waals surface area contributed by atoms with Gasteiger partial charge in [-0.15, -0.1) is 0 Å². The average Bonchev–Trinajstić information content (AvgIpc) is 2.10. The lowest BCUT2D eigenvalue weighted by Gasteiger charge is -2.13. The molecule has 14 heavy (non-hydrogen) atoms. The number of methoxy groups -OCH3 is 1. The maximum absolute atomic E-state index is 10.5. The Morgan fingerprint density at radius 1 is 1.07 bits per heavy atom. The summed E-state index contributed by atoms with van der Waals surface area (Å²) in [6, 6.07) is 0. The minimum atomic E-state index is -0.368. The molecule has 5 heteroatoms. The largest absolute Gasteiger partial charge is 0.466 e.